The van der Waals surface area contributed by atoms with Crippen LogP contribution in [0, 0.1) is 5.92 Å². The third kappa shape index (κ3) is 4.63. The van der Waals surface area contributed by atoms with E-state index in [2.05, 4.69) is 0 Å². The smallest absolute Gasteiger partial charge is 0.345 e. The van der Waals surface area contributed by atoms with Crippen molar-refractivity contribution in [2.75, 3.05) is 26.2 Å². The van der Waals surface area contributed by atoms with Crippen LogP contribution in [0.1, 0.15) is 64.3 Å². The van der Waals surface area contributed by atoms with Gasteiger partial charge in [-0.1, -0.05) is 32.1 Å². The van der Waals surface area contributed by atoms with Crippen LogP contribution in [0.4, 0.5) is 0 Å². The van der Waals surface area contributed by atoms with Gasteiger partial charge in [0.25, 0.3) is 5.91 Å². The number of piperazine rings is 1. The number of carboxylic acids is 1. The molecule has 7 heteroatoms. The van der Waals surface area contributed by atoms with Crippen molar-refractivity contribution in [3.8, 4) is 0 Å². The lowest BCUT2D eigenvalue weighted by Crippen LogP contribution is -2.50. The summed E-state index contributed by atoms with van der Waals surface area (Å²) in [5.41, 5.74) is 0. The lowest BCUT2D eigenvalue weighted by molar-refractivity contribution is -0.133. The Hall–Kier alpha value is -1.89. The van der Waals surface area contributed by atoms with Gasteiger partial charge < -0.3 is 14.9 Å². The number of rotatable bonds is 5. The largest absolute Gasteiger partial charge is 0.477 e. The Morgan fingerprint density at radius 2 is 1.58 bits per heavy atom. The molecule has 1 aliphatic heterocycles. The van der Waals surface area contributed by atoms with E-state index in [1.165, 1.54) is 38.2 Å². The molecule has 6 nitrogen and oxygen atoms in total. The molecule has 142 valence electrons. The highest BCUT2D eigenvalue weighted by Gasteiger charge is 2.26. The Bertz CT molecular complexity index is 658. The van der Waals surface area contributed by atoms with Gasteiger partial charge in [0.05, 0.1) is 4.88 Å². The molecule has 2 amide bonds. The van der Waals surface area contributed by atoms with E-state index in [9.17, 15) is 14.4 Å². The second-order valence-electron chi connectivity index (χ2n) is 7.18. The van der Waals surface area contributed by atoms with Crippen molar-refractivity contribution in [1.82, 2.24) is 9.80 Å². The molecule has 1 aliphatic carbocycles. The maximum absolute atomic E-state index is 12.5. The molecule has 26 heavy (non-hydrogen) atoms. The number of hydrogen-bond acceptors (Lipinski definition) is 4. The van der Waals surface area contributed by atoms with Gasteiger partial charge in [-0.3, -0.25) is 9.59 Å². The molecule has 2 fully saturated rings. The average molecular weight is 378 g/mol. The molecule has 1 N–H and O–H groups in total. The van der Waals surface area contributed by atoms with Crippen molar-refractivity contribution in [2.45, 2.75) is 44.9 Å². The van der Waals surface area contributed by atoms with Gasteiger partial charge in [0.1, 0.15) is 4.88 Å². The van der Waals surface area contributed by atoms with E-state index in [0.717, 1.165) is 17.8 Å². The third-order valence-corrected chi connectivity index (χ3v) is 6.50. The van der Waals surface area contributed by atoms with E-state index in [4.69, 9.17) is 5.11 Å². The minimum absolute atomic E-state index is 0.142. The van der Waals surface area contributed by atoms with Gasteiger partial charge in [-0.2, -0.15) is 0 Å². The lowest BCUT2D eigenvalue weighted by Gasteiger charge is -2.35. The molecule has 1 aromatic rings. The monoisotopic (exact) mass is 378 g/mol. The Kier molecular flexibility index (Phi) is 6.29. The number of carbonyl (C=O) groups excluding carboxylic acids is 2. The maximum Gasteiger partial charge on any atom is 0.345 e. The molecule has 2 aliphatic rings. The Morgan fingerprint density at radius 1 is 0.962 bits per heavy atom. The molecule has 2 heterocycles. The van der Waals surface area contributed by atoms with Crippen molar-refractivity contribution in [3.05, 3.63) is 21.9 Å². The van der Waals surface area contributed by atoms with E-state index >= 15 is 0 Å². The fraction of sp³-hybridized carbons (Fsp3) is 0.632. The molecule has 0 atom stereocenters. The summed E-state index contributed by atoms with van der Waals surface area (Å²) in [6.45, 7) is 2.14. The van der Waals surface area contributed by atoms with Crippen LogP contribution in [0.25, 0.3) is 0 Å². The van der Waals surface area contributed by atoms with E-state index < -0.39 is 5.97 Å². The van der Waals surface area contributed by atoms with Crippen LogP contribution in [-0.4, -0.2) is 58.9 Å². The Morgan fingerprint density at radius 3 is 2.19 bits per heavy atom. The van der Waals surface area contributed by atoms with Crippen LogP contribution in [0.15, 0.2) is 12.1 Å². The minimum atomic E-state index is -1.01. The van der Waals surface area contributed by atoms with Crippen LogP contribution in [-0.2, 0) is 4.79 Å². The summed E-state index contributed by atoms with van der Waals surface area (Å²) in [5.74, 6) is -0.246. The van der Waals surface area contributed by atoms with Gasteiger partial charge in [0.2, 0.25) is 5.91 Å². The number of hydrogen-bond donors (Lipinski definition) is 1. The standard InChI is InChI=1S/C19H26N2O4S/c22-17(9-6-14-4-2-1-3-5-14)20-10-12-21(13-11-20)18(23)15-7-8-16(26-15)19(24)25/h7-8,14H,1-6,9-13H2,(H,24,25). The quantitative estimate of drug-likeness (QED) is 0.854. The number of thiophene rings is 1. The molecule has 0 spiro atoms. The summed E-state index contributed by atoms with van der Waals surface area (Å²) in [7, 11) is 0. The first-order chi connectivity index (χ1) is 12.5. The van der Waals surface area contributed by atoms with Crippen LogP contribution in [0.5, 0.6) is 0 Å². The molecule has 0 radical (unpaired) electrons. The van der Waals surface area contributed by atoms with Crippen LogP contribution >= 0.6 is 11.3 Å². The summed E-state index contributed by atoms with van der Waals surface area (Å²) in [5, 5.41) is 8.97. The SMILES string of the molecule is O=C(O)c1ccc(C(=O)N2CCN(C(=O)CCC3CCCCC3)CC2)s1. The third-order valence-electron chi connectivity index (χ3n) is 5.44. The van der Waals surface area contributed by atoms with Gasteiger partial charge in [-0.05, 0) is 24.5 Å². The van der Waals surface area contributed by atoms with E-state index in [1.807, 2.05) is 4.90 Å². The van der Waals surface area contributed by atoms with Gasteiger partial charge in [-0.25, -0.2) is 4.79 Å². The zero-order valence-electron chi connectivity index (χ0n) is 15.0. The summed E-state index contributed by atoms with van der Waals surface area (Å²) in [6.07, 6.45) is 8.05. The summed E-state index contributed by atoms with van der Waals surface area (Å²) >= 11 is 1.00. The molecule has 0 bridgehead atoms. The van der Waals surface area contributed by atoms with Gasteiger partial charge in [-0.15, -0.1) is 11.3 Å². The predicted molar refractivity (Wildman–Crippen MR) is 99.6 cm³/mol. The number of carbonyl (C=O) groups is 3. The van der Waals surface area contributed by atoms with Crippen molar-refractivity contribution in [1.29, 1.82) is 0 Å². The highest BCUT2D eigenvalue weighted by molar-refractivity contribution is 7.15. The first kappa shape index (κ1) is 18.9. The molecule has 1 saturated heterocycles. The maximum atomic E-state index is 12.5. The summed E-state index contributed by atoms with van der Waals surface area (Å²) in [4.78, 5) is 40.0. The number of amides is 2. The number of aromatic carboxylic acids is 1. The van der Waals surface area contributed by atoms with Gasteiger partial charge in [0, 0.05) is 32.6 Å². The van der Waals surface area contributed by atoms with Crippen molar-refractivity contribution in [3.63, 3.8) is 0 Å². The second-order valence-corrected chi connectivity index (χ2v) is 8.27. The second kappa shape index (κ2) is 8.66. The number of carboxylic acid groups (broad SMARTS) is 1. The molecular weight excluding hydrogens is 352 g/mol. The Labute approximate surface area is 157 Å². The van der Waals surface area contributed by atoms with Crippen molar-refractivity contribution < 1.29 is 19.5 Å². The normalized spacial score (nSPS) is 18.8. The highest BCUT2D eigenvalue weighted by atomic mass is 32.1. The van der Waals surface area contributed by atoms with Crippen LogP contribution in [0.2, 0.25) is 0 Å². The van der Waals surface area contributed by atoms with Crippen molar-refractivity contribution >= 4 is 29.1 Å². The van der Waals surface area contributed by atoms with Crippen molar-refractivity contribution in [2.24, 2.45) is 5.92 Å². The topological polar surface area (TPSA) is 77.9 Å². The van der Waals surface area contributed by atoms with E-state index in [1.54, 1.807) is 11.0 Å². The summed E-state index contributed by atoms with van der Waals surface area (Å²) in [6, 6.07) is 3.03. The highest BCUT2D eigenvalue weighted by Crippen LogP contribution is 2.27. The fourth-order valence-corrected chi connectivity index (χ4v) is 4.66. The lowest BCUT2D eigenvalue weighted by atomic mass is 9.86. The summed E-state index contributed by atoms with van der Waals surface area (Å²) < 4.78 is 0. The average Bonchev–Trinajstić information content (AvgIpc) is 3.17. The van der Waals surface area contributed by atoms with E-state index in [0.29, 0.717) is 43.4 Å². The first-order valence-corrected chi connectivity index (χ1v) is 10.3. The molecule has 0 unspecified atom stereocenters. The molecule has 3 rings (SSSR count). The van der Waals surface area contributed by atoms with Crippen LogP contribution in [0.3, 0.4) is 0 Å². The predicted octanol–water partition coefficient (Wildman–Crippen LogP) is 3.09. The van der Waals surface area contributed by atoms with Gasteiger partial charge in [0.15, 0.2) is 0 Å². The fourth-order valence-electron chi connectivity index (χ4n) is 3.84. The zero-order chi connectivity index (χ0) is 18.5. The minimum Gasteiger partial charge on any atom is -0.477 e. The van der Waals surface area contributed by atoms with E-state index in [-0.39, 0.29) is 16.7 Å². The van der Waals surface area contributed by atoms with Gasteiger partial charge >= 0.3 is 5.97 Å². The molecule has 0 aromatic carbocycles. The first-order valence-electron chi connectivity index (χ1n) is 9.45. The zero-order valence-corrected chi connectivity index (χ0v) is 15.8. The number of nitrogens with zero attached hydrogens (tertiary/aromatic N) is 2. The van der Waals surface area contributed by atoms with Crippen LogP contribution < -0.4 is 0 Å². The Balaban J connectivity index is 1.44. The molecular formula is C19H26N2O4S. The molecule has 1 saturated carbocycles. The molecule has 1 aromatic heterocycles.